The summed E-state index contributed by atoms with van der Waals surface area (Å²) in [5, 5.41) is 14.9. The van der Waals surface area contributed by atoms with Gasteiger partial charge in [0.15, 0.2) is 0 Å². The van der Waals surface area contributed by atoms with Gasteiger partial charge in [0.25, 0.3) is 5.69 Å². The summed E-state index contributed by atoms with van der Waals surface area (Å²) in [5.74, 6) is 0. The summed E-state index contributed by atoms with van der Waals surface area (Å²) in [6.07, 6.45) is 0. The summed E-state index contributed by atoms with van der Waals surface area (Å²) < 4.78 is 0. The van der Waals surface area contributed by atoms with Gasteiger partial charge in [-0.2, -0.15) is 11.3 Å². The maximum atomic E-state index is 11.1. The van der Waals surface area contributed by atoms with E-state index in [9.17, 15) is 10.1 Å². The van der Waals surface area contributed by atoms with Crippen LogP contribution in [0.5, 0.6) is 0 Å². The Hall–Kier alpha value is -1.72. The van der Waals surface area contributed by atoms with Crippen LogP contribution in [0.4, 0.5) is 5.69 Å². The van der Waals surface area contributed by atoms with Crippen LogP contribution in [0.15, 0.2) is 35.0 Å². The Labute approximate surface area is 103 Å². The molecule has 0 saturated carbocycles. The summed E-state index contributed by atoms with van der Waals surface area (Å²) in [4.78, 5) is 10.7. The fraction of sp³-hybridized carbons (Fsp3) is 0.167. The summed E-state index contributed by atoms with van der Waals surface area (Å²) in [6, 6.07) is 6.82. The lowest BCUT2D eigenvalue weighted by molar-refractivity contribution is -0.384. The predicted octanol–water partition coefficient (Wildman–Crippen LogP) is 3.34. The highest BCUT2D eigenvalue weighted by Crippen LogP contribution is 2.33. The van der Waals surface area contributed by atoms with E-state index < -0.39 is 0 Å². The number of benzene rings is 1. The molecule has 2 aromatic rings. The Morgan fingerprint density at radius 3 is 2.71 bits per heavy atom. The molecule has 1 aromatic heterocycles. The van der Waals surface area contributed by atoms with E-state index in [1.165, 1.54) is 11.3 Å². The predicted molar refractivity (Wildman–Crippen MR) is 69.0 cm³/mol. The number of rotatable bonds is 3. The molecule has 1 aromatic carbocycles. The summed E-state index contributed by atoms with van der Waals surface area (Å²) in [6.45, 7) is 1.81. The average molecular weight is 248 g/mol. The third-order valence-electron chi connectivity index (χ3n) is 2.58. The second-order valence-electron chi connectivity index (χ2n) is 3.83. The maximum Gasteiger partial charge on any atom is 0.277 e. The normalized spacial score (nSPS) is 12.4. The van der Waals surface area contributed by atoms with E-state index in [1.807, 2.05) is 29.8 Å². The van der Waals surface area contributed by atoms with Crippen LogP contribution in [0.3, 0.4) is 0 Å². The zero-order valence-corrected chi connectivity index (χ0v) is 10.1. The second-order valence-corrected chi connectivity index (χ2v) is 4.61. The lowest BCUT2D eigenvalue weighted by Crippen LogP contribution is -2.05. The molecule has 1 unspecified atom stereocenters. The lowest BCUT2D eigenvalue weighted by atomic mass is 10.0. The van der Waals surface area contributed by atoms with Gasteiger partial charge in [-0.05, 0) is 40.9 Å². The Morgan fingerprint density at radius 1 is 1.41 bits per heavy atom. The number of thiophene rings is 1. The first-order chi connectivity index (χ1) is 8.09. The zero-order chi connectivity index (χ0) is 12.4. The van der Waals surface area contributed by atoms with Gasteiger partial charge >= 0.3 is 0 Å². The minimum atomic E-state index is -0.362. The molecule has 0 aliphatic rings. The molecule has 1 heterocycles. The van der Waals surface area contributed by atoms with Crippen molar-refractivity contribution in [1.82, 2.24) is 0 Å². The molecule has 2 N–H and O–H groups in total. The van der Waals surface area contributed by atoms with Crippen LogP contribution in [0.25, 0.3) is 11.1 Å². The molecule has 0 bridgehead atoms. The monoisotopic (exact) mass is 248 g/mol. The minimum Gasteiger partial charge on any atom is -0.324 e. The molecule has 0 fully saturated rings. The highest BCUT2D eigenvalue weighted by molar-refractivity contribution is 7.08. The number of nitro benzene ring substituents is 1. The van der Waals surface area contributed by atoms with Crippen molar-refractivity contribution in [2.75, 3.05) is 0 Å². The van der Waals surface area contributed by atoms with Crippen molar-refractivity contribution in [1.29, 1.82) is 0 Å². The quantitative estimate of drug-likeness (QED) is 0.669. The summed E-state index contributed by atoms with van der Waals surface area (Å²) in [7, 11) is 0. The molecular weight excluding hydrogens is 236 g/mol. The molecule has 5 heteroatoms. The molecule has 1 atom stereocenters. The van der Waals surface area contributed by atoms with Gasteiger partial charge in [-0.15, -0.1) is 0 Å². The van der Waals surface area contributed by atoms with E-state index >= 15 is 0 Å². The lowest BCUT2D eigenvalue weighted by Gasteiger charge is -2.07. The number of hydrogen-bond acceptors (Lipinski definition) is 4. The molecule has 0 radical (unpaired) electrons. The van der Waals surface area contributed by atoms with Gasteiger partial charge in [-0.3, -0.25) is 10.1 Å². The third kappa shape index (κ3) is 2.35. The van der Waals surface area contributed by atoms with Gasteiger partial charge in [-0.1, -0.05) is 6.07 Å². The van der Waals surface area contributed by atoms with Crippen molar-refractivity contribution in [3.8, 4) is 11.1 Å². The van der Waals surface area contributed by atoms with E-state index in [2.05, 4.69) is 0 Å². The molecule has 0 saturated heterocycles. The SMILES string of the molecule is CC(N)c1ccc(-c2ccsc2)c([N+](=O)[O-])c1. The molecule has 88 valence electrons. The molecule has 2 rings (SSSR count). The Bertz CT molecular complexity index is 535. The first-order valence-corrected chi connectivity index (χ1v) is 6.10. The first kappa shape index (κ1) is 11.8. The smallest absolute Gasteiger partial charge is 0.277 e. The Kier molecular flexibility index (Phi) is 3.21. The molecule has 17 heavy (non-hydrogen) atoms. The van der Waals surface area contributed by atoms with Crippen LogP contribution in [0, 0.1) is 10.1 Å². The van der Waals surface area contributed by atoms with E-state index in [4.69, 9.17) is 5.73 Å². The summed E-state index contributed by atoms with van der Waals surface area (Å²) in [5.41, 5.74) is 8.13. The molecule has 0 spiro atoms. The largest absolute Gasteiger partial charge is 0.324 e. The van der Waals surface area contributed by atoms with Gasteiger partial charge in [-0.25, -0.2) is 0 Å². The minimum absolute atomic E-state index is 0.109. The fourth-order valence-corrected chi connectivity index (χ4v) is 2.30. The number of nitrogens with two attached hydrogens (primary N) is 1. The van der Waals surface area contributed by atoms with Crippen molar-refractivity contribution < 1.29 is 4.92 Å². The third-order valence-corrected chi connectivity index (χ3v) is 3.26. The van der Waals surface area contributed by atoms with Crippen molar-refractivity contribution >= 4 is 17.0 Å². The van der Waals surface area contributed by atoms with Gasteiger partial charge < -0.3 is 5.73 Å². The molecular formula is C12H12N2O2S. The topological polar surface area (TPSA) is 69.2 Å². The van der Waals surface area contributed by atoms with Crippen LogP contribution in [0.1, 0.15) is 18.5 Å². The standard InChI is InChI=1S/C12H12N2O2S/c1-8(13)9-2-3-11(10-4-5-17-7-10)12(6-9)14(15)16/h2-8H,13H2,1H3. The molecule has 0 amide bonds. The average Bonchev–Trinajstić information content (AvgIpc) is 2.81. The molecule has 0 aliphatic heterocycles. The first-order valence-electron chi connectivity index (χ1n) is 5.16. The van der Waals surface area contributed by atoms with E-state index in [1.54, 1.807) is 12.1 Å². The maximum absolute atomic E-state index is 11.1. The van der Waals surface area contributed by atoms with Crippen LogP contribution >= 0.6 is 11.3 Å². The van der Waals surface area contributed by atoms with Crippen LogP contribution in [-0.4, -0.2) is 4.92 Å². The fourth-order valence-electron chi connectivity index (χ4n) is 1.64. The van der Waals surface area contributed by atoms with E-state index in [0.717, 1.165) is 11.1 Å². The molecule has 0 aliphatic carbocycles. The summed E-state index contributed by atoms with van der Waals surface area (Å²) >= 11 is 1.52. The Balaban J connectivity index is 2.57. The van der Waals surface area contributed by atoms with Gasteiger partial charge in [0, 0.05) is 12.1 Å². The zero-order valence-electron chi connectivity index (χ0n) is 9.29. The van der Waals surface area contributed by atoms with Crippen molar-refractivity contribution in [2.45, 2.75) is 13.0 Å². The highest BCUT2D eigenvalue weighted by atomic mass is 32.1. The van der Waals surface area contributed by atoms with Crippen LogP contribution < -0.4 is 5.73 Å². The number of nitro groups is 1. The van der Waals surface area contributed by atoms with Crippen LogP contribution in [-0.2, 0) is 0 Å². The Morgan fingerprint density at radius 2 is 2.18 bits per heavy atom. The van der Waals surface area contributed by atoms with Crippen molar-refractivity contribution in [3.63, 3.8) is 0 Å². The number of nitrogens with zero attached hydrogens (tertiary/aromatic N) is 1. The van der Waals surface area contributed by atoms with Crippen molar-refractivity contribution in [3.05, 3.63) is 50.7 Å². The number of hydrogen-bond donors (Lipinski definition) is 1. The van der Waals surface area contributed by atoms with Crippen LogP contribution in [0.2, 0.25) is 0 Å². The molecule has 4 nitrogen and oxygen atoms in total. The highest BCUT2D eigenvalue weighted by Gasteiger charge is 2.17. The van der Waals surface area contributed by atoms with E-state index in [0.29, 0.717) is 5.56 Å². The van der Waals surface area contributed by atoms with Gasteiger partial charge in [0.1, 0.15) is 0 Å². The van der Waals surface area contributed by atoms with Crippen molar-refractivity contribution in [2.24, 2.45) is 5.73 Å². The van der Waals surface area contributed by atoms with E-state index in [-0.39, 0.29) is 16.7 Å². The van der Waals surface area contributed by atoms with Gasteiger partial charge in [0.2, 0.25) is 0 Å². The second kappa shape index (κ2) is 4.65. The van der Waals surface area contributed by atoms with Gasteiger partial charge in [0.05, 0.1) is 10.5 Å².